The number of hydrogen-bond acceptors (Lipinski definition) is 5. The minimum atomic E-state index is -5.04. The maximum Gasteiger partial charge on any atom is 0.416 e. The second kappa shape index (κ2) is 15.9. The number of rotatable bonds is 11. The zero-order valence-electron chi connectivity index (χ0n) is 28.3. The maximum atomic E-state index is 14.0. The smallest absolute Gasteiger partial charge is 0.416 e. The number of benzene rings is 4. The van der Waals surface area contributed by atoms with Crippen LogP contribution in [0.5, 0.6) is 5.75 Å². The zero-order chi connectivity index (χ0) is 37.5. The lowest BCUT2D eigenvalue weighted by atomic mass is 9.81. The summed E-state index contributed by atoms with van der Waals surface area (Å²) in [4.78, 5) is 28.8. The van der Waals surface area contributed by atoms with Crippen molar-refractivity contribution in [1.29, 1.82) is 0 Å². The number of amides is 2. The summed E-state index contributed by atoms with van der Waals surface area (Å²) in [6, 6.07) is 25.9. The van der Waals surface area contributed by atoms with Crippen LogP contribution < -0.4 is 10.1 Å². The number of carbonyl (C=O) groups is 2. The summed E-state index contributed by atoms with van der Waals surface area (Å²) in [7, 11) is 1.54. The van der Waals surface area contributed by atoms with Gasteiger partial charge in [0.2, 0.25) is 5.91 Å². The van der Waals surface area contributed by atoms with E-state index in [1.54, 1.807) is 98.1 Å². The van der Waals surface area contributed by atoms with E-state index in [1.807, 2.05) is 0 Å². The number of hydrogen-bond donors (Lipinski definition) is 1. The van der Waals surface area contributed by atoms with Crippen LogP contribution in [0.4, 0.5) is 31.1 Å². The molecule has 0 radical (unpaired) electrons. The summed E-state index contributed by atoms with van der Waals surface area (Å²) in [5.41, 5.74) is -2.38. The molecule has 5 rings (SSSR count). The van der Waals surface area contributed by atoms with Crippen LogP contribution in [0.25, 0.3) is 0 Å². The molecule has 7 nitrogen and oxygen atoms in total. The van der Waals surface area contributed by atoms with Crippen LogP contribution in [0, 0.1) is 0 Å². The zero-order valence-corrected chi connectivity index (χ0v) is 28.3. The Morgan fingerprint density at radius 3 is 2.00 bits per heavy atom. The monoisotopic (exact) mass is 726 g/mol. The molecule has 2 atom stereocenters. The molecule has 0 spiro atoms. The Morgan fingerprint density at radius 2 is 1.42 bits per heavy atom. The van der Waals surface area contributed by atoms with Crippen molar-refractivity contribution in [3.63, 3.8) is 0 Å². The van der Waals surface area contributed by atoms with E-state index >= 15 is 0 Å². The van der Waals surface area contributed by atoms with Crippen LogP contribution in [-0.4, -0.2) is 37.2 Å². The van der Waals surface area contributed by atoms with Crippen molar-refractivity contribution in [3.05, 3.63) is 148 Å². The average molecular weight is 727 g/mol. The van der Waals surface area contributed by atoms with Crippen molar-refractivity contribution in [3.8, 4) is 5.75 Å². The molecule has 4 aromatic carbocycles. The van der Waals surface area contributed by atoms with E-state index in [9.17, 15) is 35.9 Å². The molecule has 0 unspecified atom stereocenters. The van der Waals surface area contributed by atoms with Gasteiger partial charge in [0.1, 0.15) is 12.4 Å². The number of nitrogens with zero attached hydrogens (tertiary/aromatic N) is 1. The molecule has 1 heterocycles. The normalized spacial score (nSPS) is 16.8. The number of ether oxygens (including phenoxy) is 3. The predicted octanol–water partition coefficient (Wildman–Crippen LogP) is 8.99. The van der Waals surface area contributed by atoms with Crippen molar-refractivity contribution in [1.82, 2.24) is 10.2 Å². The first-order chi connectivity index (χ1) is 24.7. The van der Waals surface area contributed by atoms with Gasteiger partial charge in [0.25, 0.3) is 0 Å². The Morgan fingerprint density at radius 1 is 0.827 bits per heavy atom. The minimum absolute atomic E-state index is 0.00580. The van der Waals surface area contributed by atoms with E-state index in [4.69, 9.17) is 14.2 Å². The average Bonchev–Trinajstić information content (AvgIpc) is 3.15. The highest BCUT2D eigenvalue weighted by Crippen LogP contribution is 2.41. The van der Waals surface area contributed by atoms with Crippen molar-refractivity contribution in [2.24, 2.45) is 0 Å². The SMILES string of the molecule is COc1ccc(CNC(=O)C2=CC[C@@](CO[C@H](C)c3cc(C(F)(F)F)cc(C(F)(F)F)c3)(c3ccccc3)N(C(=O)OCc3ccccc3)C2)cc1. The third-order valence-corrected chi connectivity index (χ3v) is 8.82. The second-order valence-corrected chi connectivity index (χ2v) is 12.3. The minimum Gasteiger partial charge on any atom is -0.497 e. The van der Waals surface area contributed by atoms with E-state index < -0.39 is 47.1 Å². The van der Waals surface area contributed by atoms with E-state index in [2.05, 4.69) is 5.32 Å². The lowest BCUT2D eigenvalue weighted by molar-refractivity contribution is -0.143. The molecule has 0 aromatic heterocycles. The second-order valence-electron chi connectivity index (χ2n) is 12.3. The van der Waals surface area contributed by atoms with Crippen LogP contribution in [0.2, 0.25) is 0 Å². The van der Waals surface area contributed by atoms with Crippen LogP contribution in [0.15, 0.2) is 115 Å². The molecule has 0 bridgehead atoms. The standard InChI is InChI=1S/C39H36F6N2O5/c1-26(30-19-32(38(40,41)42)21-33(20-30)39(43,44)45)52-25-37(31-11-7-4-8-12-31)18-17-29(35(48)46-22-27-13-15-34(50-2)16-14-27)23-47(37)36(49)51-24-28-9-5-3-6-10-28/h3-17,19-21,26H,18,22-25H2,1-2H3,(H,46,48)/t26-,37-/m1/s1. The molecule has 52 heavy (non-hydrogen) atoms. The first-order valence-corrected chi connectivity index (χ1v) is 16.2. The van der Waals surface area contributed by atoms with Crippen molar-refractivity contribution in [2.45, 2.75) is 50.5 Å². The number of carbonyl (C=O) groups excluding carboxylic acids is 2. The summed E-state index contributed by atoms with van der Waals surface area (Å²) in [5.74, 6) is 0.202. The quantitative estimate of drug-likeness (QED) is 0.156. The number of alkyl halides is 6. The lowest BCUT2D eigenvalue weighted by Gasteiger charge is -2.46. The molecule has 274 valence electrons. The Balaban J connectivity index is 1.47. The molecule has 1 aliphatic rings. The fourth-order valence-electron chi connectivity index (χ4n) is 5.84. The van der Waals surface area contributed by atoms with Crippen LogP contribution >= 0.6 is 0 Å². The fourth-order valence-corrected chi connectivity index (χ4v) is 5.84. The predicted molar refractivity (Wildman–Crippen MR) is 180 cm³/mol. The van der Waals surface area contributed by atoms with Gasteiger partial charge in [-0.2, -0.15) is 26.3 Å². The summed E-state index contributed by atoms with van der Waals surface area (Å²) in [5, 5.41) is 2.86. The van der Waals surface area contributed by atoms with E-state index in [0.29, 0.717) is 29.0 Å². The molecule has 0 fully saturated rings. The van der Waals surface area contributed by atoms with Crippen LogP contribution in [0.1, 0.15) is 52.8 Å². The first kappa shape index (κ1) is 37.9. The highest BCUT2D eigenvalue weighted by Gasteiger charge is 2.46. The van der Waals surface area contributed by atoms with Gasteiger partial charge in [-0.25, -0.2) is 4.79 Å². The Kier molecular flexibility index (Phi) is 11.6. The first-order valence-electron chi connectivity index (χ1n) is 16.2. The highest BCUT2D eigenvalue weighted by atomic mass is 19.4. The molecule has 0 saturated carbocycles. The molecule has 2 amide bonds. The third-order valence-electron chi connectivity index (χ3n) is 8.82. The van der Waals surface area contributed by atoms with Crippen LogP contribution in [-0.2, 0) is 45.3 Å². The van der Waals surface area contributed by atoms with E-state index in [0.717, 1.165) is 5.56 Å². The summed E-state index contributed by atoms with van der Waals surface area (Å²) in [6.07, 6.45) is -10.5. The number of nitrogens with one attached hydrogen (secondary N) is 1. The molecule has 13 heteroatoms. The van der Waals surface area contributed by atoms with Gasteiger partial charge in [0.15, 0.2) is 0 Å². The van der Waals surface area contributed by atoms with Gasteiger partial charge in [-0.3, -0.25) is 9.69 Å². The van der Waals surface area contributed by atoms with Crippen molar-refractivity contribution in [2.75, 3.05) is 20.3 Å². The fraction of sp³-hybridized carbons (Fsp3) is 0.282. The lowest BCUT2D eigenvalue weighted by Crippen LogP contribution is -2.56. The maximum absolute atomic E-state index is 14.0. The molecule has 0 aliphatic carbocycles. The highest BCUT2D eigenvalue weighted by molar-refractivity contribution is 5.94. The molecule has 1 aliphatic heterocycles. The van der Waals surface area contributed by atoms with Crippen molar-refractivity contribution >= 4 is 12.0 Å². The Hall–Kier alpha value is -5.30. The Labute approximate surface area is 296 Å². The van der Waals surface area contributed by atoms with Gasteiger partial charge in [0, 0.05) is 12.1 Å². The van der Waals surface area contributed by atoms with Gasteiger partial charge >= 0.3 is 18.4 Å². The van der Waals surface area contributed by atoms with Gasteiger partial charge in [-0.1, -0.05) is 78.9 Å². The van der Waals surface area contributed by atoms with Crippen molar-refractivity contribution < 1.29 is 50.1 Å². The number of methoxy groups -OCH3 is 1. The number of halogens is 6. The summed E-state index contributed by atoms with van der Waals surface area (Å²) >= 11 is 0. The third kappa shape index (κ3) is 9.13. The molecular formula is C39H36F6N2O5. The van der Waals surface area contributed by atoms with Gasteiger partial charge in [0.05, 0.1) is 43.0 Å². The molecule has 0 saturated heterocycles. The van der Waals surface area contributed by atoms with Gasteiger partial charge in [-0.15, -0.1) is 0 Å². The summed E-state index contributed by atoms with van der Waals surface area (Å²) in [6.45, 7) is 0.804. The Bertz CT molecular complexity index is 1830. The largest absolute Gasteiger partial charge is 0.497 e. The van der Waals surface area contributed by atoms with E-state index in [-0.39, 0.29) is 49.9 Å². The van der Waals surface area contributed by atoms with Gasteiger partial charge < -0.3 is 19.5 Å². The summed E-state index contributed by atoms with van der Waals surface area (Å²) < 4.78 is 99.0. The topological polar surface area (TPSA) is 77.1 Å². The van der Waals surface area contributed by atoms with Gasteiger partial charge in [-0.05, 0) is 65.9 Å². The molecular weight excluding hydrogens is 690 g/mol. The van der Waals surface area contributed by atoms with E-state index in [1.165, 1.54) is 11.8 Å². The molecule has 4 aromatic rings. The molecule has 1 N–H and O–H groups in total. The van der Waals surface area contributed by atoms with Crippen LogP contribution in [0.3, 0.4) is 0 Å².